The van der Waals surface area contributed by atoms with E-state index in [1.807, 2.05) is 27.7 Å². The van der Waals surface area contributed by atoms with E-state index in [2.05, 4.69) is 25.9 Å². The summed E-state index contributed by atoms with van der Waals surface area (Å²) in [4.78, 5) is 20.4. The van der Waals surface area contributed by atoms with Crippen molar-refractivity contribution in [3.63, 3.8) is 0 Å². The van der Waals surface area contributed by atoms with Gasteiger partial charge >= 0.3 is 5.97 Å². The number of aromatic carboxylic acids is 1. The second-order valence-corrected chi connectivity index (χ2v) is 9.56. The monoisotopic (exact) mass is 510 g/mol. The third kappa shape index (κ3) is 5.44. The highest BCUT2D eigenvalue weighted by molar-refractivity contribution is 6.34. The lowest BCUT2D eigenvalue weighted by Gasteiger charge is -2.14. The number of anilines is 1. The average molecular weight is 511 g/mol. The summed E-state index contributed by atoms with van der Waals surface area (Å²) in [7, 11) is 0. The van der Waals surface area contributed by atoms with Gasteiger partial charge in [-0.1, -0.05) is 25.4 Å². The van der Waals surface area contributed by atoms with Gasteiger partial charge in [0.05, 0.1) is 22.8 Å². The number of halogens is 2. The van der Waals surface area contributed by atoms with E-state index >= 15 is 0 Å². The van der Waals surface area contributed by atoms with Crippen molar-refractivity contribution in [2.45, 2.75) is 34.2 Å². The molecule has 36 heavy (non-hydrogen) atoms. The first-order valence-electron chi connectivity index (χ1n) is 11.7. The summed E-state index contributed by atoms with van der Waals surface area (Å²) in [5.74, 6) is -0.399. The van der Waals surface area contributed by atoms with Crippen LogP contribution < -0.4 is 10.1 Å². The smallest absolute Gasteiger partial charge is 0.341 e. The molecule has 188 valence electrons. The molecular weight excluding hydrogens is 483 g/mol. The van der Waals surface area contributed by atoms with Gasteiger partial charge in [0.25, 0.3) is 0 Å². The first kappa shape index (κ1) is 25.4. The quantitative estimate of drug-likeness (QED) is 0.272. The minimum atomic E-state index is -1.15. The van der Waals surface area contributed by atoms with Crippen LogP contribution in [0, 0.1) is 25.6 Å². The van der Waals surface area contributed by atoms with Crippen LogP contribution in [0.4, 0.5) is 10.2 Å². The second kappa shape index (κ2) is 10.5. The molecule has 2 heterocycles. The maximum atomic E-state index is 14.0. The molecule has 0 aliphatic rings. The minimum absolute atomic E-state index is 0.0735. The number of fused-ring (bicyclic) bond motifs is 1. The van der Waals surface area contributed by atoms with Crippen LogP contribution in [0.5, 0.6) is 5.75 Å². The molecule has 0 radical (unpaired) electrons. The van der Waals surface area contributed by atoms with Gasteiger partial charge in [-0.2, -0.15) is 0 Å². The lowest BCUT2D eigenvalue weighted by atomic mass is 10.1. The molecule has 0 bridgehead atoms. The number of hydrogen-bond acceptors (Lipinski definition) is 5. The first-order chi connectivity index (χ1) is 17.1. The molecule has 4 rings (SSSR count). The molecule has 0 saturated carbocycles. The van der Waals surface area contributed by atoms with Crippen LogP contribution in [0.25, 0.3) is 22.2 Å². The van der Waals surface area contributed by atoms with E-state index in [4.69, 9.17) is 16.3 Å². The third-order valence-corrected chi connectivity index (χ3v) is 6.14. The summed E-state index contributed by atoms with van der Waals surface area (Å²) in [6, 6.07) is 10.1. The van der Waals surface area contributed by atoms with Crippen LogP contribution in [0.1, 0.15) is 35.5 Å². The highest BCUT2D eigenvalue weighted by Crippen LogP contribution is 2.33. The molecule has 7 nitrogen and oxygen atoms in total. The fourth-order valence-electron chi connectivity index (χ4n) is 4.14. The van der Waals surface area contributed by atoms with E-state index in [1.165, 1.54) is 6.33 Å². The van der Waals surface area contributed by atoms with E-state index < -0.39 is 5.97 Å². The van der Waals surface area contributed by atoms with Gasteiger partial charge in [0, 0.05) is 35.8 Å². The second-order valence-electron chi connectivity index (χ2n) is 9.15. The Bertz CT molecular complexity index is 1430. The van der Waals surface area contributed by atoms with Gasteiger partial charge < -0.3 is 19.7 Å². The zero-order valence-electron chi connectivity index (χ0n) is 20.6. The number of benzene rings is 2. The number of rotatable bonds is 9. The molecule has 0 atom stereocenters. The van der Waals surface area contributed by atoms with Crippen LogP contribution in [0.15, 0.2) is 42.7 Å². The standard InChI is InChI=1S/C27H28ClFN4O3/c1-15(2)13-36-24-10-18(9-21(28)26(24)27(34)35)22-12-25(32-14-31-22)30-5-6-33-17(4)8-20-16(3)7-19(29)11-23(20)33/h7-12,14-15H,5-6,13H2,1-4H3,(H,34,35)(H,30,31,32). The van der Waals surface area contributed by atoms with Gasteiger partial charge in [0.2, 0.25) is 0 Å². The van der Waals surface area contributed by atoms with Crippen molar-refractivity contribution >= 4 is 34.3 Å². The van der Waals surface area contributed by atoms with Gasteiger partial charge in [-0.15, -0.1) is 0 Å². The van der Waals surface area contributed by atoms with Gasteiger partial charge in [0.15, 0.2) is 0 Å². The number of carboxylic acid groups (broad SMARTS) is 1. The molecule has 0 fully saturated rings. The van der Waals surface area contributed by atoms with Crippen LogP contribution in [-0.4, -0.2) is 38.8 Å². The molecule has 4 aromatic rings. The van der Waals surface area contributed by atoms with Crippen molar-refractivity contribution in [1.29, 1.82) is 0 Å². The molecule has 9 heteroatoms. The Morgan fingerprint density at radius 3 is 2.67 bits per heavy atom. The fourth-order valence-corrected chi connectivity index (χ4v) is 4.43. The zero-order chi connectivity index (χ0) is 26.0. The van der Waals surface area contributed by atoms with E-state index in [0.717, 1.165) is 22.2 Å². The summed E-state index contributed by atoms with van der Waals surface area (Å²) >= 11 is 6.31. The number of carbonyl (C=O) groups is 1. The van der Waals surface area contributed by atoms with E-state index in [9.17, 15) is 14.3 Å². The molecule has 0 amide bonds. The Labute approximate surface area is 213 Å². The van der Waals surface area contributed by atoms with Crippen LogP contribution in [-0.2, 0) is 6.54 Å². The van der Waals surface area contributed by atoms with Crippen molar-refractivity contribution in [2.75, 3.05) is 18.5 Å². The lowest BCUT2D eigenvalue weighted by Crippen LogP contribution is -2.12. The Kier molecular flexibility index (Phi) is 7.45. The molecule has 0 saturated heterocycles. The molecule has 0 aliphatic heterocycles. The van der Waals surface area contributed by atoms with Crippen LogP contribution in [0.3, 0.4) is 0 Å². The lowest BCUT2D eigenvalue weighted by molar-refractivity contribution is 0.0691. The topological polar surface area (TPSA) is 89.3 Å². The number of carboxylic acids is 1. The van der Waals surface area contributed by atoms with Gasteiger partial charge in [-0.25, -0.2) is 19.2 Å². The summed E-state index contributed by atoms with van der Waals surface area (Å²) in [5.41, 5.74) is 3.93. The Morgan fingerprint density at radius 2 is 1.94 bits per heavy atom. The Morgan fingerprint density at radius 1 is 1.17 bits per heavy atom. The summed E-state index contributed by atoms with van der Waals surface area (Å²) < 4.78 is 21.8. The summed E-state index contributed by atoms with van der Waals surface area (Å²) in [6.45, 7) is 9.39. The van der Waals surface area contributed by atoms with Crippen molar-refractivity contribution in [3.05, 3.63) is 70.4 Å². The number of nitrogens with zero attached hydrogens (tertiary/aromatic N) is 3. The number of hydrogen-bond donors (Lipinski definition) is 2. The predicted octanol–water partition coefficient (Wildman–Crippen LogP) is 6.35. The molecular formula is C27H28ClFN4O3. The van der Waals surface area contributed by atoms with Crippen LogP contribution >= 0.6 is 11.6 Å². The molecule has 2 aromatic carbocycles. The van der Waals surface area contributed by atoms with Gasteiger partial charge in [-0.3, -0.25) is 0 Å². The maximum absolute atomic E-state index is 14.0. The average Bonchev–Trinajstić information content (AvgIpc) is 3.12. The molecule has 2 aromatic heterocycles. The normalized spacial score (nSPS) is 11.3. The minimum Gasteiger partial charge on any atom is -0.492 e. The van der Waals surface area contributed by atoms with E-state index in [1.54, 1.807) is 30.3 Å². The third-order valence-electron chi connectivity index (χ3n) is 5.84. The fraction of sp³-hybridized carbons (Fsp3) is 0.296. The molecule has 0 spiro atoms. The number of ether oxygens (including phenoxy) is 1. The highest BCUT2D eigenvalue weighted by Gasteiger charge is 2.19. The predicted molar refractivity (Wildman–Crippen MR) is 140 cm³/mol. The van der Waals surface area contributed by atoms with E-state index in [-0.39, 0.29) is 28.1 Å². The number of aromatic nitrogens is 3. The zero-order valence-corrected chi connectivity index (χ0v) is 21.4. The summed E-state index contributed by atoms with van der Waals surface area (Å²) in [5, 5.41) is 14.0. The van der Waals surface area contributed by atoms with Crippen molar-refractivity contribution in [2.24, 2.45) is 5.92 Å². The van der Waals surface area contributed by atoms with Crippen molar-refractivity contribution in [3.8, 4) is 17.0 Å². The largest absolute Gasteiger partial charge is 0.492 e. The Balaban J connectivity index is 1.55. The van der Waals surface area contributed by atoms with Gasteiger partial charge in [-0.05, 0) is 55.7 Å². The van der Waals surface area contributed by atoms with Crippen molar-refractivity contribution in [1.82, 2.24) is 14.5 Å². The summed E-state index contributed by atoms with van der Waals surface area (Å²) in [6.07, 6.45) is 1.43. The molecule has 2 N–H and O–H groups in total. The molecule has 0 aliphatic carbocycles. The first-order valence-corrected chi connectivity index (χ1v) is 12.0. The molecule has 0 unspecified atom stereocenters. The Hall–Kier alpha value is -3.65. The highest BCUT2D eigenvalue weighted by atomic mass is 35.5. The van der Waals surface area contributed by atoms with E-state index in [0.29, 0.717) is 36.8 Å². The number of aryl methyl sites for hydroxylation is 2. The van der Waals surface area contributed by atoms with Crippen LogP contribution in [0.2, 0.25) is 5.02 Å². The van der Waals surface area contributed by atoms with Gasteiger partial charge in [0.1, 0.15) is 29.3 Å². The number of nitrogens with one attached hydrogen (secondary N) is 1. The SMILES string of the molecule is Cc1cc(F)cc2c1cc(C)n2CCNc1cc(-c2cc(Cl)c(C(=O)O)c(OCC(C)C)c2)ncn1. The van der Waals surface area contributed by atoms with Crippen molar-refractivity contribution < 1.29 is 19.0 Å². The maximum Gasteiger partial charge on any atom is 0.341 e.